The Morgan fingerprint density at radius 2 is 1.68 bits per heavy atom. The minimum absolute atomic E-state index is 0.0777. The largest absolute Gasteiger partial charge is 0.353 e. The van der Waals surface area contributed by atoms with Crippen LogP contribution < -0.4 is 4.90 Å². The lowest BCUT2D eigenvalue weighted by atomic mass is 10.0. The number of halogens is 1. The van der Waals surface area contributed by atoms with E-state index in [4.69, 9.17) is 9.97 Å². The standard InChI is InChI=1S/C25H27BrN4O/c1-17(2)22-18(3)27-23(19-8-5-4-6-9-19)28-24(22)29-12-14-30(15-13-29)25(31)20-10-7-11-21(26)16-20/h4-11,16-17H,12-15H2,1-3H3. The SMILES string of the molecule is Cc1nc(-c2ccccc2)nc(N2CCN(C(=O)c3cccc(Br)c3)CC2)c1C(C)C. The van der Waals surface area contributed by atoms with E-state index in [1.165, 1.54) is 5.56 Å². The number of piperazine rings is 1. The molecule has 0 N–H and O–H groups in total. The van der Waals surface area contributed by atoms with Crippen molar-refractivity contribution < 1.29 is 4.79 Å². The number of carbonyl (C=O) groups is 1. The molecule has 1 aliphatic heterocycles. The van der Waals surface area contributed by atoms with Crippen LogP contribution in [0, 0.1) is 6.92 Å². The predicted molar refractivity (Wildman–Crippen MR) is 129 cm³/mol. The average molecular weight is 479 g/mol. The van der Waals surface area contributed by atoms with Gasteiger partial charge in [-0.3, -0.25) is 4.79 Å². The molecule has 4 rings (SSSR count). The summed E-state index contributed by atoms with van der Waals surface area (Å²) < 4.78 is 0.920. The van der Waals surface area contributed by atoms with E-state index in [1.807, 2.05) is 59.5 Å². The highest BCUT2D eigenvalue weighted by atomic mass is 79.9. The first-order chi connectivity index (χ1) is 14.9. The third-order valence-electron chi connectivity index (χ3n) is 5.66. The third-order valence-corrected chi connectivity index (χ3v) is 6.16. The van der Waals surface area contributed by atoms with Gasteiger partial charge in [-0.05, 0) is 31.0 Å². The highest BCUT2D eigenvalue weighted by Crippen LogP contribution is 2.31. The maximum Gasteiger partial charge on any atom is 0.254 e. The van der Waals surface area contributed by atoms with E-state index >= 15 is 0 Å². The van der Waals surface area contributed by atoms with Gasteiger partial charge in [-0.25, -0.2) is 9.97 Å². The Kier molecular flexibility index (Phi) is 6.37. The first-order valence-corrected chi connectivity index (χ1v) is 11.5. The van der Waals surface area contributed by atoms with Crippen LogP contribution in [0.1, 0.15) is 41.4 Å². The van der Waals surface area contributed by atoms with E-state index in [9.17, 15) is 4.79 Å². The van der Waals surface area contributed by atoms with Crippen LogP contribution in [0.25, 0.3) is 11.4 Å². The molecule has 0 spiro atoms. The maximum absolute atomic E-state index is 12.9. The topological polar surface area (TPSA) is 49.3 Å². The molecule has 1 aromatic heterocycles. The van der Waals surface area contributed by atoms with E-state index in [0.29, 0.717) is 19.0 Å². The molecule has 1 amide bonds. The van der Waals surface area contributed by atoms with Gasteiger partial charge in [0.15, 0.2) is 5.82 Å². The van der Waals surface area contributed by atoms with Gasteiger partial charge in [0.25, 0.3) is 5.91 Å². The molecular formula is C25H27BrN4O. The lowest BCUT2D eigenvalue weighted by Gasteiger charge is -2.37. The number of anilines is 1. The molecule has 0 aliphatic carbocycles. The zero-order valence-electron chi connectivity index (χ0n) is 18.2. The number of aryl methyl sites for hydroxylation is 1. The molecular weight excluding hydrogens is 452 g/mol. The predicted octanol–water partition coefficient (Wildman–Crippen LogP) is 5.30. The van der Waals surface area contributed by atoms with Crippen LogP contribution in [0.4, 0.5) is 5.82 Å². The van der Waals surface area contributed by atoms with Gasteiger partial charge >= 0.3 is 0 Å². The van der Waals surface area contributed by atoms with Gasteiger partial charge in [0.1, 0.15) is 5.82 Å². The molecule has 0 bridgehead atoms. The van der Waals surface area contributed by atoms with Crippen LogP contribution in [0.5, 0.6) is 0 Å². The van der Waals surface area contributed by atoms with E-state index in [1.54, 1.807) is 0 Å². The van der Waals surface area contributed by atoms with E-state index in [0.717, 1.165) is 46.0 Å². The summed E-state index contributed by atoms with van der Waals surface area (Å²) in [6, 6.07) is 17.7. The molecule has 1 aliphatic rings. The zero-order valence-corrected chi connectivity index (χ0v) is 19.8. The second kappa shape index (κ2) is 9.18. The van der Waals surface area contributed by atoms with Gasteiger partial charge in [0, 0.05) is 53.0 Å². The smallest absolute Gasteiger partial charge is 0.254 e. The molecule has 3 aromatic rings. The Hall–Kier alpha value is -2.73. The second-order valence-corrected chi connectivity index (χ2v) is 9.10. The number of carbonyl (C=O) groups excluding carboxylic acids is 1. The van der Waals surface area contributed by atoms with Gasteiger partial charge in [0.05, 0.1) is 0 Å². The summed E-state index contributed by atoms with van der Waals surface area (Å²) in [5.74, 6) is 2.15. The normalized spacial score (nSPS) is 14.2. The van der Waals surface area contributed by atoms with Crippen molar-refractivity contribution in [3.63, 3.8) is 0 Å². The molecule has 31 heavy (non-hydrogen) atoms. The summed E-state index contributed by atoms with van der Waals surface area (Å²) in [5, 5.41) is 0. The molecule has 1 fully saturated rings. The molecule has 0 saturated carbocycles. The van der Waals surface area contributed by atoms with Crippen LogP contribution in [0.2, 0.25) is 0 Å². The lowest BCUT2D eigenvalue weighted by Crippen LogP contribution is -2.49. The Morgan fingerprint density at radius 1 is 0.968 bits per heavy atom. The van der Waals surface area contributed by atoms with Crippen molar-refractivity contribution >= 4 is 27.7 Å². The summed E-state index contributed by atoms with van der Waals surface area (Å²) in [7, 11) is 0. The highest BCUT2D eigenvalue weighted by Gasteiger charge is 2.26. The van der Waals surface area contributed by atoms with E-state index in [-0.39, 0.29) is 5.91 Å². The molecule has 0 unspecified atom stereocenters. The summed E-state index contributed by atoms with van der Waals surface area (Å²) in [4.78, 5) is 27.0. The molecule has 6 heteroatoms. The molecule has 0 atom stereocenters. The maximum atomic E-state index is 12.9. The lowest BCUT2D eigenvalue weighted by molar-refractivity contribution is 0.0746. The van der Waals surface area contributed by atoms with E-state index in [2.05, 4.69) is 41.6 Å². The molecule has 5 nitrogen and oxygen atoms in total. The molecule has 1 saturated heterocycles. The van der Waals surface area contributed by atoms with Crippen molar-refractivity contribution in [3.05, 3.63) is 75.9 Å². The van der Waals surface area contributed by atoms with Gasteiger partial charge in [-0.15, -0.1) is 0 Å². The fourth-order valence-corrected chi connectivity index (χ4v) is 4.52. The Morgan fingerprint density at radius 3 is 2.32 bits per heavy atom. The van der Waals surface area contributed by atoms with E-state index < -0.39 is 0 Å². The van der Waals surface area contributed by atoms with Gasteiger partial charge in [-0.2, -0.15) is 0 Å². The highest BCUT2D eigenvalue weighted by molar-refractivity contribution is 9.10. The van der Waals surface area contributed by atoms with Gasteiger partial charge < -0.3 is 9.80 Å². The van der Waals surface area contributed by atoms with Crippen LogP contribution in [-0.2, 0) is 0 Å². The minimum atomic E-state index is 0.0777. The molecule has 2 aromatic carbocycles. The molecule has 160 valence electrons. The minimum Gasteiger partial charge on any atom is -0.353 e. The van der Waals surface area contributed by atoms with Crippen LogP contribution in [0.15, 0.2) is 59.1 Å². The summed E-state index contributed by atoms with van der Waals surface area (Å²) in [5.41, 5.74) is 3.94. The first-order valence-electron chi connectivity index (χ1n) is 10.7. The molecule has 0 radical (unpaired) electrons. The summed E-state index contributed by atoms with van der Waals surface area (Å²) in [6.45, 7) is 9.29. The van der Waals surface area contributed by atoms with Crippen molar-refractivity contribution in [3.8, 4) is 11.4 Å². The summed E-state index contributed by atoms with van der Waals surface area (Å²) >= 11 is 3.46. The van der Waals surface area contributed by atoms with Crippen molar-refractivity contribution in [2.45, 2.75) is 26.7 Å². The van der Waals surface area contributed by atoms with Crippen molar-refractivity contribution in [1.82, 2.24) is 14.9 Å². The number of nitrogens with zero attached hydrogens (tertiary/aromatic N) is 4. The van der Waals surface area contributed by atoms with Crippen molar-refractivity contribution in [2.24, 2.45) is 0 Å². The van der Waals surface area contributed by atoms with Crippen LogP contribution in [-0.4, -0.2) is 47.0 Å². The summed E-state index contributed by atoms with van der Waals surface area (Å²) in [6.07, 6.45) is 0. The number of hydrogen-bond acceptors (Lipinski definition) is 4. The van der Waals surface area contributed by atoms with Gasteiger partial charge in [0.2, 0.25) is 0 Å². The van der Waals surface area contributed by atoms with Crippen LogP contribution in [0.3, 0.4) is 0 Å². The van der Waals surface area contributed by atoms with Crippen molar-refractivity contribution in [2.75, 3.05) is 31.1 Å². The van der Waals surface area contributed by atoms with Crippen LogP contribution >= 0.6 is 15.9 Å². The Bertz CT molecular complexity index is 1080. The fourth-order valence-electron chi connectivity index (χ4n) is 4.13. The fraction of sp³-hybridized carbons (Fsp3) is 0.320. The number of benzene rings is 2. The Labute approximate surface area is 192 Å². The number of amides is 1. The van der Waals surface area contributed by atoms with Crippen molar-refractivity contribution in [1.29, 1.82) is 0 Å². The van der Waals surface area contributed by atoms with Gasteiger partial charge in [-0.1, -0.05) is 66.2 Å². The number of rotatable bonds is 4. The number of hydrogen-bond donors (Lipinski definition) is 0. The molecule has 2 heterocycles. The number of aromatic nitrogens is 2. The zero-order chi connectivity index (χ0) is 22.0. The first kappa shape index (κ1) is 21.5. The Balaban J connectivity index is 1.58. The monoisotopic (exact) mass is 478 g/mol. The average Bonchev–Trinajstić information content (AvgIpc) is 2.78. The third kappa shape index (κ3) is 4.64. The quantitative estimate of drug-likeness (QED) is 0.510. The second-order valence-electron chi connectivity index (χ2n) is 8.18.